The zero-order chi connectivity index (χ0) is 16.4. The lowest BCUT2D eigenvalue weighted by molar-refractivity contribution is 0.103. The van der Waals surface area contributed by atoms with E-state index < -0.39 is 11.4 Å². The predicted octanol–water partition coefficient (Wildman–Crippen LogP) is 3.77. The number of ketones is 1. The van der Waals surface area contributed by atoms with Crippen molar-refractivity contribution < 1.29 is 13.9 Å². The van der Waals surface area contributed by atoms with Gasteiger partial charge in [-0.1, -0.05) is 18.2 Å². The first-order valence-corrected chi connectivity index (χ1v) is 7.48. The van der Waals surface area contributed by atoms with E-state index >= 15 is 0 Å². The van der Waals surface area contributed by atoms with Crippen LogP contribution in [0.3, 0.4) is 0 Å². The van der Waals surface area contributed by atoms with Gasteiger partial charge in [0, 0.05) is 16.5 Å². The Balaban J connectivity index is 2.10. The number of fused-ring (bicyclic) bond motifs is 1. The Bertz CT molecular complexity index is 943. The van der Waals surface area contributed by atoms with Gasteiger partial charge in [-0.05, 0) is 30.3 Å². The van der Waals surface area contributed by atoms with Crippen LogP contribution in [0.2, 0.25) is 0 Å². The number of para-hydroxylation sites is 1. The number of ether oxygens (including phenoxy) is 1. The van der Waals surface area contributed by atoms with Crippen LogP contribution in [-0.2, 0) is 5.88 Å². The third-order valence-electron chi connectivity index (χ3n) is 3.57. The molecule has 0 bridgehead atoms. The highest BCUT2D eigenvalue weighted by Crippen LogP contribution is 2.23. The first-order valence-electron chi connectivity index (χ1n) is 6.94. The van der Waals surface area contributed by atoms with Gasteiger partial charge >= 0.3 is 5.63 Å². The van der Waals surface area contributed by atoms with Crippen molar-refractivity contribution in [2.24, 2.45) is 0 Å². The molecule has 0 aliphatic carbocycles. The van der Waals surface area contributed by atoms with Gasteiger partial charge in [0.2, 0.25) is 0 Å². The Hall–Kier alpha value is -2.59. The number of hydrogen-bond donors (Lipinski definition) is 0. The summed E-state index contributed by atoms with van der Waals surface area (Å²) < 4.78 is 10.4. The second-order valence-electron chi connectivity index (χ2n) is 4.97. The standard InChI is InChI=1S/C18H13ClO4/c1-22-15-7-6-12(8-13(15)10-19)17(20)14-9-11-4-2-3-5-16(11)23-18(14)21/h2-9H,10H2,1H3. The van der Waals surface area contributed by atoms with Crippen LogP contribution in [-0.4, -0.2) is 12.9 Å². The average molecular weight is 329 g/mol. The van der Waals surface area contributed by atoms with E-state index in [0.29, 0.717) is 27.8 Å². The highest BCUT2D eigenvalue weighted by Gasteiger charge is 2.17. The number of carbonyl (C=O) groups is 1. The maximum Gasteiger partial charge on any atom is 0.347 e. The SMILES string of the molecule is COc1ccc(C(=O)c2cc3ccccc3oc2=O)cc1CCl. The number of halogens is 1. The van der Waals surface area contributed by atoms with E-state index in [9.17, 15) is 9.59 Å². The molecule has 0 radical (unpaired) electrons. The Morgan fingerprint density at radius 1 is 1.17 bits per heavy atom. The van der Waals surface area contributed by atoms with Crippen LogP contribution < -0.4 is 10.4 Å². The molecule has 3 aromatic rings. The molecule has 0 spiro atoms. The zero-order valence-corrected chi connectivity index (χ0v) is 13.1. The quantitative estimate of drug-likeness (QED) is 0.415. The van der Waals surface area contributed by atoms with Crippen molar-refractivity contribution in [1.29, 1.82) is 0 Å². The topological polar surface area (TPSA) is 56.5 Å². The van der Waals surface area contributed by atoms with E-state index in [2.05, 4.69) is 0 Å². The summed E-state index contributed by atoms with van der Waals surface area (Å²) in [4.78, 5) is 24.7. The minimum absolute atomic E-state index is 0.00520. The van der Waals surface area contributed by atoms with Gasteiger partial charge < -0.3 is 9.15 Å². The number of methoxy groups -OCH3 is 1. The molecule has 0 aliphatic rings. The van der Waals surface area contributed by atoms with E-state index in [1.165, 1.54) is 7.11 Å². The van der Waals surface area contributed by atoms with Crippen molar-refractivity contribution in [3.8, 4) is 5.75 Å². The van der Waals surface area contributed by atoms with Crippen molar-refractivity contribution in [3.05, 3.63) is 75.6 Å². The number of carbonyl (C=O) groups excluding carboxylic acids is 1. The van der Waals surface area contributed by atoms with Gasteiger partial charge in [0.1, 0.15) is 16.9 Å². The van der Waals surface area contributed by atoms with E-state index in [-0.39, 0.29) is 11.4 Å². The molecule has 0 unspecified atom stereocenters. The number of rotatable bonds is 4. The van der Waals surface area contributed by atoms with Gasteiger partial charge in [-0.3, -0.25) is 4.79 Å². The summed E-state index contributed by atoms with van der Waals surface area (Å²) in [5.74, 6) is 0.400. The number of benzene rings is 2. The summed E-state index contributed by atoms with van der Waals surface area (Å²) in [6.45, 7) is 0. The smallest absolute Gasteiger partial charge is 0.347 e. The van der Waals surface area contributed by atoms with Crippen molar-refractivity contribution in [2.45, 2.75) is 5.88 Å². The normalized spacial score (nSPS) is 10.7. The maximum absolute atomic E-state index is 12.6. The van der Waals surface area contributed by atoms with Gasteiger partial charge in [-0.15, -0.1) is 11.6 Å². The molecule has 0 fully saturated rings. The van der Waals surface area contributed by atoms with Crippen LogP contribution in [0.5, 0.6) is 5.75 Å². The summed E-state index contributed by atoms with van der Waals surface area (Å²) in [5.41, 5.74) is 0.839. The minimum atomic E-state index is -0.656. The number of hydrogen-bond acceptors (Lipinski definition) is 4. The largest absolute Gasteiger partial charge is 0.496 e. The summed E-state index contributed by atoms with van der Waals surface area (Å²) >= 11 is 5.87. The predicted molar refractivity (Wildman–Crippen MR) is 88.5 cm³/mol. The lowest BCUT2D eigenvalue weighted by atomic mass is 10.0. The molecular weight excluding hydrogens is 316 g/mol. The monoisotopic (exact) mass is 328 g/mol. The molecule has 23 heavy (non-hydrogen) atoms. The van der Waals surface area contributed by atoms with Crippen molar-refractivity contribution in [2.75, 3.05) is 7.11 Å². The molecule has 1 aromatic heterocycles. The van der Waals surface area contributed by atoms with Crippen molar-refractivity contribution >= 4 is 28.4 Å². The molecule has 4 nitrogen and oxygen atoms in total. The fourth-order valence-corrected chi connectivity index (χ4v) is 2.61. The molecule has 0 N–H and O–H groups in total. The molecule has 116 valence electrons. The molecule has 3 rings (SSSR count). The molecule has 2 aromatic carbocycles. The van der Waals surface area contributed by atoms with E-state index in [1.807, 2.05) is 6.07 Å². The third-order valence-corrected chi connectivity index (χ3v) is 3.86. The summed E-state index contributed by atoms with van der Waals surface area (Å²) in [7, 11) is 1.53. The van der Waals surface area contributed by atoms with Gasteiger partial charge in [0.25, 0.3) is 0 Å². The van der Waals surface area contributed by atoms with Crippen LogP contribution in [0.4, 0.5) is 0 Å². The van der Waals surface area contributed by atoms with Gasteiger partial charge in [0.15, 0.2) is 5.78 Å². The fraction of sp³-hybridized carbons (Fsp3) is 0.111. The second kappa shape index (κ2) is 6.26. The molecule has 5 heteroatoms. The van der Waals surface area contributed by atoms with Gasteiger partial charge in [0.05, 0.1) is 13.0 Å². The first-order chi connectivity index (χ1) is 11.1. The van der Waals surface area contributed by atoms with Crippen LogP contribution >= 0.6 is 11.6 Å². The summed E-state index contributed by atoms with van der Waals surface area (Å²) in [6.07, 6.45) is 0. The van der Waals surface area contributed by atoms with Crippen LogP contribution in [0.15, 0.2) is 57.7 Å². The van der Waals surface area contributed by atoms with Crippen LogP contribution in [0, 0.1) is 0 Å². The molecule has 0 saturated carbocycles. The van der Waals surface area contributed by atoms with Gasteiger partial charge in [-0.2, -0.15) is 0 Å². The Morgan fingerprint density at radius 2 is 1.96 bits per heavy atom. The summed E-state index contributed by atoms with van der Waals surface area (Å²) in [6, 6.07) is 13.5. The van der Waals surface area contributed by atoms with Crippen molar-refractivity contribution in [3.63, 3.8) is 0 Å². The Kier molecular flexibility index (Phi) is 4.17. The van der Waals surface area contributed by atoms with E-state index in [1.54, 1.807) is 42.5 Å². The maximum atomic E-state index is 12.6. The molecular formula is C18H13ClO4. The summed E-state index contributed by atoms with van der Waals surface area (Å²) in [5, 5.41) is 0.696. The van der Waals surface area contributed by atoms with E-state index in [4.69, 9.17) is 20.8 Å². The Labute approximate surface area is 137 Å². The molecule has 0 amide bonds. The van der Waals surface area contributed by atoms with Crippen LogP contribution in [0.25, 0.3) is 11.0 Å². The molecule has 1 heterocycles. The highest BCUT2D eigenvalue weighted by molar-refractivity contribution is 6.17. The minimum Gasteiger partial charge on any atom is -0.496 e. The first kappa shape index (κ1) is 15.3. The fourth-order valence-electron chi connectivity index (χ4n) is 2.40. The highest BCUT2D eigenvalue weighted by atomic mass is 35.5. The van der Waals surface area contributed by atoms with Gasteiger partial charge in [-0.25, -0.2) is 4.79 Å². The lowest BCUT2D eigenvalue weighted by Gasteiger charge is -2.08. The molecule has 0 saturated heterocycles. The molecule has 0 aliphatic heterocycles. The van der Waals surface area contributed by atoms with Crippen LogP contribution in [0.1, 0.15) is 21.5 Å². The Morgan fingerprint density at radius 3 is 2.70 bits per heavy atom. The third kappa shape index (κ3) is 2.85. The van der Waals surface area contributed by atoms with Crippen molar-refractivity contribution in [1.82, 2.24) is 0 Å². The second-order valence-corrected chi connectivity index (χ2v) is 5.24. The molecule has 0 atom stereocenters. The average Bonchev–Trinajstić information content (AvgIpc) is 2.59. The zero-order valence-electron chi connectivity index (χ0n) is 12.3. The number of alkyl halides is 1. The lowest BCUT2D eigenvalue weighted by Crippen LogP contribution is -2.15. The van der Waals surface area contributed by atoms with E-state index in [0.717, 1.165) is 0 Å².